The number of aryl methyl sites for hydroxylation is 4. The predicted molar refractivity (Wildman–Crippen MR) is 339 cm³/mol. The molecule has 2 nitrogen and oxygen atoms in total. The molecule has 0 aliphatic rings. The van der Waals surface area contributed by atoms with Gasteiger partial charge in [0.15, 0.2) is 0 Å². The van der Waals surface area contributed by atoms with Crippen molar-refractivity contribution in [1.82, 2.24) is 0 Å². The fraction of sp³-hybridized carbons (Fsp3) is 0.156. The van der Waals surface area contributed by atoms with Crippen LogP contribution in [-0.2, 0) is 10.8 Å². The number of hydrogen-bond donors (Lipinski definition) is 0. The molecule has 0 saturated heterocycles. The van der Waals surface area contributed by atoms with Crippen LogP contribution >= 0.6 is 0 Å². The Hall–Kier alpha value is -8.94. The maximum atomic E-state index is 12.6. The zero-order valence-electron chi connectivity index (χ0n) is 47.2. The topological polar surface area (TPSA) is 36.4 Å². The van der Waals surface area contributed by atoms with Crippen molar-refractivity contribution in [2.45, 2.75) is 80.1 Å². The largest absolute Gasteiger partial charge is 0.361 e. The van der Waals surface area contributed by atoms with E-state index in [4.69, 9.17) is 4.79 Å². The monoisotopic (exact) mass is 1020 g/mol. The lowest BCUT2D eigenvalue weighted by Gasteiger charge is -2.25. The van der Waals surface area contributed by atoms with Gasteiger partial charge in [-0.15, -0.1) is 0 Å². The number of rotatable bonds is 8. The molecule has 0 aliphatic heterocycles. The summed E-state index contributed by atoms with van der Waals surface area (Å²) in [6.07, 6.45) is 0. The average Bonchev–Trinajstić information content (AvgIpc) is 3.59. The molecular formula is C77H66N2. The molecular weight excluding hydrogens is 953 g/mol. The van der Waals surface area contributed by atoms with E-state index in [0.29, 0.717) is 5.71 Å². The van der Waals surface area contributed by atoms with Gasteiger partial charge in [0.05, 0.1) is 11.1 Å². The van der Waals surface area contributed by atoms with Crippen molar-refractivity contribution in [3.05, 3.63) is 268 Å². The summed E-state index contributed by atoms with van der Waals surface area (Å²) in [5.41, 5.74) is 35.9. The summed E-state index contributed by atoms with van der Waals surface area (Å²) >= 11 is 0. The van der Waals surface area contributed by atoms with E-state index in [2.05, 4.69) is 288 Å². The van der Waals surface area contributed by atoms with E-state index in [1.807, 2.05) is 0 Å². The van der Waals surface area contributed by atoms with Gasteiger partial charge in [-0.2, -0.15) is 4.79 Å². The zero-order chi connectivity index (χ0) is 54.9. The highest BCUT2D eigenvalue weighted by atomic mass is 14.9. The number of fused-ring (bicyclic) bond motifs is 4. The fourth-order valence-corrected chi connectivity index (χ4v) is 12.6. The Morgan fingerprint density at radius 2 is 0.519 bits per heavy atom. The third-order valence-corrected chi connectivity index (χ3v) is 16.5. The van der Waals surface area contributed by atoms with Gasteiger partial charge in [-0.3, -0.25) is 0 Å². The number of nitrogens with zero attached hydrogens (tertiary/aromatic N) is 2. The molecule has 0 spiro atoms. The SMILES string of the molecule is Cc1cc(C(C)(C)C)cc(C)c1-c1c2ccc(-c3ccccc3)cc2c(C(=[N+]=[N-])c2c3cc(-c4ccccc4)ccc3c(-c3c(C)cc(C(C)(C)C)cc3C)c3ccc(-c4ccccc4)cc23)c2cc(-c3ccccc3)ccc12. The molecule has 0 radical (unpaired) electrons. The van der Waals surface area contributed by atoms with Gasteiger partial charge in [0, 0.05) is 0 Å². The van der Waals surface area contributed by atoms with Crippen LogP contribution in [-0.4, -0.2) is 10.5 Å². The highest BCUT2D eigenvalue weighted by Crippen LogP contribution is 2.49. The molecule has 0 fully saturated rings. The smallest absolute Gasteiger partial charge is 0.332 e. The maximum absolute atomic E-state index is 12.6. The van der Waals surface area contributed by atoms with Crippen molar-refractivity contribution in [3.8, 4) is 66.8 Å². The van der Waals surface area contributed by atoms with Crippen molar-refractivity contribution in [2.24, 2.45) is 0 Å². The Labute approximate surface area is 466 Å². The molecule has 0 saturated carbocycles. The van der Waals surface area contributed by atoms with Crippen LogP contribution in [0.3, 0.4) is 0 Å². The van der Waals surface area contributed by atoms with Crippen LogP contribution < -0.4 is 0 Å². The van der Waals surface area contributed by atoms with Crippen molar-refractivity contribution in [2.75, 3.05) is 0 Å². The van der Waals surface area contributed by atoms with Crippen molar-refractivity contribution in [1.29, 1.82) is 0 Å². The normalized spacial score (nSPS) is 11.9. The van der Waals surface area contributed by atoms with Crippen molar-refractivity contribution >= 4 is 48.8 Å². The quantitative estimate of drug-likeness (QED) is 0.0629. The summed E-state index contributed by atoms with van der Waals surface area (Å²) in [7, 11) is 0. The first kappa shape index (κ1) is 50.9. The first-order chi connectivity index (χ1) is 38.1. The highest BCUT2D eigenvalue weighted by molar-refractivity contribution is 6.36. The second-order valence-electron chi connectivity index (χ2n) is 23.9. The molecule has 0 heterocycles. The minimum atomic E-state index is -0.0289. The average molecular weight is 1020 g/mol. The minimum Gasteiger partial charge on any atom is -0.361 e. The van der Waals surface area contributed by atoms with Crippen LogP contribution in [0.15, 0.2) is 218 Å². The first-order valence-electron chi connectivity index (χ1n) is 27.8. The molecule has 12 rings (SSSR count). The van der Waals surface area contributed by atoms with E-state index >= 15 is 0 Å². The Kier molecular flexibility index (Phi) is 12.8. The lowest BCUT2D eigenvalue weighted by molar-refractivity contribution is -0.00233. The molecule has 0 unspecified atom stereocenters. The van der Waals surface area contributed by atoms with Gasteiger partial charge in [-0.05, 0) is 206 Å². The van der Waals surface area contributed by atoms with Crippen LogP contribution in [0.25, 0.3) is 115 Å². The van der Waals surface area contributed by atoms with Crippen molar-refractivity contribution < 1.29 is 4.79 Å². The van der Waals surface area contributed by atoms with E-state index in [-0.39, 0.29) is 10.8 Å². The molecule has 79 heavy (non-hydrogen) atoms. The zero-order valence-corrected chi connectivity index (χ0v) is 47.2. The third kappa shape index (κ3) is 9.07. The predicted octanol–water partition coefficient (Wildman–Crippen LogP) is 21.2. The van der Waals surface area contributed by atoms with E-state index in [0.717, 1.165) is 98.7 Å². The van der Waals surface area contributed by atoms with Gasteiger partial charge in [0.1, 0.15) is 0 Å². The third-order valence-electron chi connectivity index (χ3n) is 16.5. The molecule has 0 N–H and O–H groups in total. The van der Waals surface area contributed by atoms with Gasteiger partial charge in [-0.1, -0.05) is 236 Å². The number of hydrogen-bond acceptors (Lipinski definition) is 0. The van der Waals surface area contributed by atoms with E-state index in [1.165, 1.54) is 55.6 Å². The summed E-state index contributed by atoms with van der Waals surface area (Å²) in [5.74, 6) is 0. The van der Waals surface area contributed by atoms with Gasteiger partial charge in [-0.25, -0.2) is 0 Å². The molecule has 0 amide bonds. The van der Waals surface area contributed by atoms with E-state index < -0.39 is 0 Å². The van der Waals surface area contributed by atoms with Gasteiger partial charge in [0.2, 0.25) is 0 Å². The summed E-state index contributed by atoms with van der Waals surface area (Å²) < 4.78 is 0. The maximum Gasteiger partial charge on any atom is 0.332 e. The van der Waals surface area contributed by atoms with Gasteiger partial charge >= 0.3 is 5.71 Å². The molecule has 384 valence electrons. The Balaban J connectivity index is 1.30. The summed E-state index contributed by atoms with van der Waals surface area (Å²) in [4.78, 5) is 4.71. The van der Waals surface area contributed by atoms with Crippen LogP contribution in [0.2, 0.25) is 0 Å². The van der Waals surface area contributed by atoms with Crippen LogP contribution in [0.4, 0.5) is 0 Å². The van der Waals surface area contributed by atoms with Crippen LogP contribution in [0.1, 0.15) is 86.1 Å². The number of benzene rings is 12. The van der Waals surface area contributed by atoms with Crippen LogP contribution in [0, 0.1) is 27.7 Å². The minimum absolute atomic E-state index is 0.0289. The second-order valence-corrected chi connectivity index (χ2v) is 23.9. The second kappa shape index (κ2) is 19.8. The Morgan fingerprint density at radius 1 is 0.278 bits per heavy atom. The van der Waals surface area contributed by atoms with Crippen molar-refractivity contribution in [3.63, 3.8) is 0 Å². The fourth-order valence-electron chi connectivity index (χ4n) is 12.6. The summed E-state index contributed by atoms with van der Waals surface area (Å²) in [6, 6.07) is 80.0. The molecule has 0 aromatic heterocycles. The van der Waals surface area contributed by atoms with E-state index in [1.54, 1.807) is 0 Å². The molecule has 12 aromatic carbocycles. The lowest BCUT2D eigenvalue weighted by atomic mass is 9.77. The Bertz CT molecular complexity index is 3900. The molecule has 12 aromatic rings. The lowest BCUT2D eigenvalue weighted by Crippen LogP contribution is -2.13. The van der Waals surface area contributed by atoms with Crippen LogP contribution in [0.5, 0.6) is 0 Å². The molecule has 2 heteroatoms. The standard InChI is InChI=1S/C77H66N2/c1-47-39-59(76(5,6)7)40-48(2)69(47)71-61-35-31-55(51-23-15-11-16-24-51)43-65(61)73(66-44-56(32-36-62(66)71)52-25-17-12-18-26-52)75(79-78)74-67-45-57(53-27-19-13-20-28-53)33-37-63(67)72(70-49(3)41-60(42-50(70)4)77(8,9)10)64-38-34-58(46-68(64)74)54-29-21-14-22-30-54/h11-46H,1-10H3. The first-order valence-corrected chi connectivity index (χ1v) is 27.8. The highest BCUT2D eigenvalue weighted by Gasteiger charge is 2.32. The molecule has 0 aliphatic carbocycles. The Morgan fingerprint density at radius 3 is 0.734 bits per heavy atom. The summed E-state index contributed by atoms with van der Waals surface area (Å²) in [5, 5.41) is 8.41. The molecule has 0 atom stereocenters. The van der Waals surface area contributed by atoms with Gasteiger partial charge < -0.3 is 5.53 Å². The molecule has 0 bridgehead atoms. The van der Waals surface area contributed by atoms with Gasteiger partial charge in [0.25, 0.3) is 0 Å². The summed E-state index contributed by atoms with van der Waals surface area (Å²) in [6.45, 7) is 22.9. The van der Waals surface area contributed by atoms with E-state index in [9.17, 15) is 5.53 Å².